The minimum atomic E-state index is 0.736. The van der Waals surface area contributed by atoms with E-state index in [1.54, 1.807) is 6.33 Å². The van der Waals surface area contributed by atoms with Crippen molar-refractivity contribution in [1.82, 2.24) is 9.55 Å². The molecule has 0 saturated heterocycles. The summed E-state index contributed by atoms with van der Waals surface area (Å²) in [7, 11) is 0. The molecule has 2 N–H and O–H groups in total. The van der Waals surface area contributed by atoms with E-state index >= 15 is 0 Å². The van der Waals surface area contributed by atoms with Crippen molar-refractivity contribution in [1.29, 1.82) is 0 Å². The van der Waals surface area contributed by atoms with Gasteiger partial charge in [0.15, 0.2) is 0 Å². The molecule has 0 radical (unpaired) electrons. The molecule has 1 heterocycles. The lowest BCUT2D eigenvalue weighted by atomic mass is 10.3. The summed E-state index contributed by atoms with van der Waals surface area (Å²) in [6.45, 7) is 6.57. The van der Waals surface area contributed by atoms with Gasteiger partial charge in [-0.25, -0.2) is 4.98 Å². The Labute approximate surface area is 89.4 Å². The first kappa shape index (κ1) is 11.2. The number of allylic oxidation sites excluding steroid dienone is 1. The summed E-state index contributed by atoms with van der Waals surface area (Å²) in [6.07, 6.45) is 4.56. The second-order valence-corrected chi connectivity index (χ2v) is 4.36. The number of thioether (sulfide) groups is 1. The van der Waals surface area contributed by atoms with E-state index in [0.29, 0.717) is 0 Å². The summed E-state index contributed by atoms with van der Waals surface area (Å²) in [5, 5.41) is 0. The molecular formula is C10H17N3S. The number of nitrogen functional groups attached to an aromatic ring is 1. The van der Waals surface area contributed by atoms with E-state index in [-0.39, 0.29) is 0 Å². The zero-order chi connectivity index (χ0) is 10.4. The van der Waals surface area contributed by atoms with Crippen molar-refractivity contribution in [3.63, 3.8) is 0 Å². The average molecular weight is 211 g/mol. The number of aromatic nitrogens is 2. The molecule has 0 aliphatic rings. The number of nitrogens with zero attached hydrogens (tertiary/aromatic N) is 2. The fraction of sp³-hybridized carbons (Fsp3) is 0.500. The SMILES string of the molecule is C=CCn1cnc(CCSCC)c1N. The van der Waals surface area contributed by atoms with E-state index in [4.69, 9.17) is 5.73 Å². The van der Waals surface area contributed by atoms with Crippen LogP contribution in [0.4, 0.5) is 5.82 Å². The van der Waals surface area contributed by atoms with Gasteiger partial charge in [0.05, 0.1) is 12.0 Å². The standard InChI is InChI=1S/C10H17N3S/c1-3-6-13-8-12-9(10(13)11)5-7-14-4-2/h3,8H,1,4-7,11H2,2H3. The second-order valence-electron chi connectivity index (χ2n) is 2.96. The van der Waals surface area contributed by atoms with Gasteiger partial charge in [0.25, 0.3) is 0 Å². The Bertz CT molecular complexity index is 294. The van der Waals surface area contributed by atoms with Crippen LogP contribution in [0.25, 0.3) is 0 Å². The Balaban J connectivity index is 2.55. The van der Waals surface area contributed by atoms with Crippen LogP contribution in [0.2, 0.25) is 0 Å². The topological polar surface area (TPSA) is 43.8 Å². The lowest BCUT2D eigenvalue weighted by Crippen LogP contribution is -2.02. The molecule has 0 aliphatic heterocycles. The van der Waals surface area contributed by atoms with Crippen LogP contribution in [0.5, 0.6) is 0 Å². The summed E-state index contributed by atoms with van der Waals surface area (Å²) in [5.41, 5.74) is 6.92. The predicted octanol–water partition coefficient (Wildman–Crippen LogP) is 1.95. The third-order valence-electron chi connectivity index (χ3n) is 1.97. The summed E-state index contributed by atoms with van der Waals surface area (Å²) in [5.74, 6) is 3.01. The molecule has 0 saturated carbocycles. The minimum Gasteiger partial charge on any atom is -0.384 e. The van der Waals surface area contributed by atoms with Crippen LogP contribution in [0.1, 0.15) is 12.6 Å². The maximum Gasteiger partial charge on any atom is 0.126 e. The monoisotopic (exact) mass is 211 g/mol. The lowest BCUT2D eigenvalue weighted by molar-refractivity contribution is 0.832. The van der Waals surface area contributed by atoms with E-state index in [2.05, 4.69) is 18.5 Å². The lowest BCUT2D eigenvalue weighted by Gasteiger charge is -2.01. The largest absolute Gasteiger partial charge is 0.384 e. The van der Waals surface area contributed by atoms with Gasteiger partial charge < -0.3 is 10.3 Å². The molecule has 0 unspecified atom stereocenters. The number of hydrogen-bond acceptors (Lipinski definition) is 3. The van der Waals surface area contributed by atoms with Crippen LogP contribution < -0.4 is 5.73 Å². The maximum absolute atomic E-state index is 5.92. The van der Waals surface area contributed by atoms with Crippen LogP contribution in [0.15, 0.2) is 19.0 Å². The first-order valence-electron chi connectivity index (χ1n) is 4.77. The first-order valence-corrected chi connectivity index (χ1v) is 5.93. The fourth-order valence-electron chi connectivity index (χ4n) is 1.22. The number of nitrogens with two attached hydrogens (primary N) is 1. The number of rotatable bonds is 6. The predicted molar refractivity (Wildman–Crippen MR) is 63.5 cm³/mol. The van der Waals surface area contributed by atoms with Gasteiger partial charge in [-0.3, -0.25) is 0 Å². The van der Waals surface area contributed by atoms with Crippen molar-refractivity contribution in [2.75, 3.05) is 17.2 Å². The average Bonchev–Trinajstić information content (AvgIpc) is 2.51. The Hall–Kier alpha value is -0.900. The highest BCUT2D eigenvalue weighted by molar-refractivity contribution is 7.99. The van der Waals surface area contributed by atoms with Crippen molar-refractivity contribution >= 4 is 17.6 Å². The van der Waals surface area contributed by atoms with Crippen LogP contribution >= 0.6 is 11.8 Å². The summed E-state index contributed by atoms with van der Waals surface area (Å²) < 4.78 is 1.92. The highest BCUT2D eigenvalue weighted by Gasteiger charge is 2.05. The summed E-state index contributed by atoms with van der Waals surface area (Å²) in [4.78, 5) is 4.28. The van der Waals surface area contributed by atoms with Gasteiger partial charge in [0, 0.05) is 13.0 Å². The molecule has 3 nitrogen and oxygen atoms in total. The van der Waals surface area contributed by atoms with Crippen LogP contribution in [-0.4, -0.2) is 21.1 Å². The molecule has 0 bridgehead atoms. The Morgan fingerprint density at radius 3 is 3.14 bits per heavy atom. The van der Waals surface area contributed by atoms with Crippen LogP contribution in [0.3, 0.4) is 0 Å². The Morgan fingerprint density at radius 2 is 2.50 bits per heavy atom. The van der Waals surface area contributed by atoms with E-state index in [9.17, 15) is 0 Å². The first-order chi connectivity index (χ1) is 6.79. The van der Waals surface area contributed by atoms with Crippen molar-refractivity contribution in [2.45, 2.75) is 19.9 Å². The van der Waals surface area contributed by atoms with Gasteiger partial charge >= 0.3 is 0 Å². The highest BCUT2D eigenvalue weighted by atomic mass is 32.2. The quantitative estimate of drug-likeness (QED) is 0.578. The molecule has 0 aromatic carbocycles. The zero-order valence-electron chi connectivity index (χ0n) is 8.57. The Kier molecular flexibility index (Phi) is 4.59. The second kappa shape index (κ2) is 5.75. The number of imidazole rings is 1. The summed E-state index contributed by atoms with van der Waals surface area (Å²) in [6, 6.07) is 0. The van der Waals surface area contributed by atoms with Crippen molar-refractivity contribution < 1.29 is 0 Å². The number of hydrogen-bond donors (Lipinski definition) is 1. The zero-order valence-corrected chi connectivity index (χ0v) is 9.39. The highest BCUT2D eigenvalue weighted by Crippen LogP contribution is 2.13. The van der Waals surface area contributed by atoms with Gasteiger partial charge in [-0.05, 0) is 11.5 Å². The van der Waals surface area contributed by atoms with Gasteiger partial charge in [-0.15, -0.1) is 6.58 Å². The van der Waals surface area contributed by atoms with Gasteiger partial charge in [-0.1, -0.05) is 13.0 Å². The maximum atomic E-state index is 5.92. The van der Waals surface area contributed by atoms with E-state index < -0.39 is 0 Å². The molecule has 0 atom stereocenters. The molecule has 0 fully saturated rings. The van der Waals surface area contributed by atoms with Gasteiger partial charge in [-0.2, -0.15) is 11.8 Å². The molecule has 0 amide bonds. The van der Waals surface area contributed by atoms with Crippen molar-refractivity contribution in [3.05, 3.63) is 24.7 Å². The Morgan fingerprint density at radius 1 is 1.71 bits per heavy atom. The fourth-order valence-corrected chi connectivity index (χ4v) is 1.85. The van der Waals surface area contributed by atoms with Crippen molar-refractivity contribution in [2.24, 2.45) is 0 Å². The van der Waals surface area contributed by atoms with Gasteiger partial charge in [0.2, 0.25) is 0 Å². The molecule has 0 spiro atoms. The molecule has 4 heteroatoms. The molecular weight excluding hydrogens is 194 g/mol. The normalized spacial score (nSPS) is 10.4. The third-order valence-corrected chi connectivity index (χ3v) is 2.87. The number of anilines is 1. The smallest absolute Gasteiger partial charge is 0.126 e. The van der Waals surface area contributed by atoms with Gasteiger partial charge in [0.1, 0.15) is 5.82 Å². The van der Waals surface area contributed by atoms with Crippen molar-refractivity contribution in [3.8, 4) is 0 Å². The molecule has 1 aromatic heterocycles. The van der Waals surface area contributed by atoms with E-state index in [1.165, 1.54) is 0 Å². The molecule has 1 rings (SSSR count). The van der Waals surface area contributed by atoms with Crippen LogP contribution in [0, 0.1) is 0 Å². The summed E-state index contributed by atoms with van der Waals surface area (Å²) >= 11 is 1.91. The third kappa shape index (κ3) is 2.80. The molecule has 78 valence electrons. The molecule has 0 aliphatic carbocycles. The van der Waals surface area contributed by atoms with Crippen LogP contribution in [-0.2, 0) is 13.0 Å². The van der Waals surface area contributed by atoms with E-state index in [0.717, 1.165) is 36.0 Å². The minimum absolute atomic E-state index is 0.736. The molecule has 14 heavy (non-hydrogen) atoms. The molecule has 1 aromatic rings. The number of aryl methyl sites for hydroxylation is 1. The van der Waals surface area contributed by atoms with E-state index in [1.807, 2.05) is 22.4 Å².